The SMILES string of the molecule is CCCC1(O)CN(Cc2cc(=O)n3[nH]cnc3n2)C1. The number of nitrogens with zero attached hydrogens (tertiary/aromatic N) is 4. The van der Waals surface area contributed by atoms with Crippen molar-refractivity contribution in [1.29, 1.82) is 0 Å². The van der Waals surface area contributed by atoms with E-state index in [0.29, 0.717) is 31.1 Å². The smallest absolute Gasteiger partial charge is 0.274 e. The summed E-state index contributed by atoms with van der Waals surface area (Å²) in [6.45, 7) is 3.92. The summed E-state index contributed by atoms with van der Waals surface area (Å²) < 4.78 is 1.30. The van der Waals surface area contributed by atoms with Crippen LogP contribution >= 0.6 is 0 Å². The minimum atomic E-state index is -0.555. The van der Waals surface area contributed by atoms with Gasteiger partial charge in [0.05, 0.1) is 11.3 Å². The van der Waals surface area contributed by atoms with Gasteiger partial charge in [-0.3, -0.25) is 14.8 Å². The highest BCUT2D eigenvalue weighted by molar-refractivity contribution is 5.26. The molecule has 1 saturated heterocycles. The molecule has 1 aliphatic heterocycles. The molecule has 3 heterocycles. The summed E-state index contributed by atoms with van der Waals surface area (Å²) in [6, 6.07) is 1.50. The van der Waals surface area contributed by atoms with E-state index in [-0.39, 0.29) is 5.56 Å². The number of rotatable bonds is 4. The minimum Gasteiger partial charge on any atom is -0.387 e. The summed E-state index contributed by atoms with van der Waals surface area (Å²) in [5.41, 5.74) is -0.0299. The molecule has 3 rings (SSSR count). The number of H-pyrrole nitrogens is 1. The molecule has 7 nitrogen and oxygen atoms in total. The maximum absolute atomic E-state index is 11.8. The third-order valence-electron chi connectivity index (χ3n) is 3.46. The molecule has 2 aromatic heterocycles. The van der Waals surface area contributed by atoms with Crippen molar-refractivity contribution in [2.24, 2.45) is 0 Å². The van der Waals surface area contributed by atoms with Crippen molar-refractivity contribution in [3.8, 4) is 0 Å². The maximum Gasteiger partial charge on any atom is 0.274 e. The van der Waals surface area contributed by atoms with Crippen LogP contribution in [0.25, 0.3) is 5.78 Å². The topological polar surface area (TPSA) is 86.5 Å². The van der Waals surface area contributed by atoms with E-state index in [2.05, 4.69) is 26.9 Å². The molecule has 0 amide bonds. The van der Waals surface area contributed by atoms with Gasteiger partial charge in [-0.1, -0.05) is 13.3 Å². The zero-order valence-corrected chi connectivity index (χ0v) is 10.8. The molecule has 102 valence electrons. The van der Waals surface area contributed by atoms with Crippen molar-refractivity contribution in [3.05, 3.63) is 28.4 Å². The molecule has 1 aliphatic rings. The minimum absolute atomic E-state index is 0.165. The van der Waals surface area contributed by atoms with Crippen LogP contribution in [0.2, 0.25) is 0 Å². The number of aromatic amines is 1. The Hall–Kier alpha value is -1.73. The Bertz CT molecular complexity index is 641. The molecule has 0 aromatic carbocycles. The molecule has 1 fully saturated rings. The number of hydrogen-bond acceptors (Lipinski definition) is 5. The van der Waals surface area contributed by atoms with Crippen LogP contribution < -0.4 is 5.56 Å². The molecule has 7 heteroatoms. The van der Waals surface area contributed by atoms with Crippen molar-refractivity contribution >= 4 is 5.78 Å². The molecule has 0 atom stereocenters. The van der Waals surface area contributed by atoms with Crippen LogP contribution in [-0.4, -0.2) is 48.3 Å². The van der Waals surface area contributed by atoms with E-state index in [1.165, 1.54) is 16.9 Å². The quantitative estimate of drug-likeness (QED) is 0.795. The predicted octanol–water partition coefficient (Wildman–Crippen LogP) is -0.236. The molecule has 2 aromatic rings. The Balaban J connectivity index is 1.72. The van der Waals surface area contributed by atoms with E-state index in [1.807, 2.05) is 0 Å². The molecule has 0 spiro atoms. The van der Waals surface area contributed by atoms with Crippen molar-refractivity contribution in [1.82, 2.24) is 24.5 Å². The van der Waals surface area contributed by atoms with Crippen molar-refractivity contribution in [2.45, 2.75) is 31.9 Å². The maximum atomic E-state index is 11.8. The van der Waals surface area contributed by atoms with Crippen molar-refractivity contribution in [2.75, 3.05) is 13.1 Å². The molecule has 0 bridgehead atoms. The third-order valence-corrected chi connectivity index (χ3v) is 3.46. The van der Waals surface area contributed by atoms with Gasteiger partial charge in [-0.05, 0) is 6.42 Å². The molecule has 0 aliphatic carbocycles. The van der Waals surface area contributed by atoms with Gasteiger partial charge in [0.1, 0.15) is 6.33 Å². The first kappa shape index (κ1) is 12.3. The third kappa shape index (κ3) is 2.26. The second-order valence-corrected chi connectivity index (χ2v) is 5.23. The van der Waals surface area contributed by atoms with Gasteiger partial charge in [0.25, 0.3) is 11.3 Å². The van der Waals surface area contributed by atoms with Crippen LogP contribution in [-0.2, 0) is 6.54 Å². The van der Waals surface area contributed by atoms with Crippen LogP contribution in [0.15, 0.2) is 17.2 Å². The van der Waals surface area contributed by atoms with Crippen LogP contribution in [0.3, 0.4) is 0 Å². The first-order valence-corrected chi connectivity index (χ1v) is 6.46. The second kappa shape index (κ2) is 4.43. The highest BCUT2D eigenvalue weighted by atomic mass is 16.3. The van der Waals surface area contributed by atoms with Gasteiger partial charge >= 0.3 is 0 Å². The zero-order chi connectivity index (χ0) is 13.5. The summed E-state index contributed by atoms with van der Waals surface area (Å²) in [6.07, 6.45) is 3.23. The molecule has 0 saturated carbocycles. The summed E-state index contributed by atoms with van der Waals surface area (Å²) >= 11 is 0. The highest BCUT2D eigenvalue weighted by Gasteiger charge is 2.40. The molecule has 19 heavy (non-hydrogen) atoms. The van der Waals surface area contributed by atoms with E-state index in [9.17, 15) is 9.90 Å². The van der Waals surface area contributed by atoms with Gasteiger partial charge in [-0.15, -0.1) is 0 Å². The zero-order valence-electron chi connectivity index (χ0n) is 10.8. The van der Waals surface area contributed by atoms with Gasteiger partial charge in [0.2, 0.25) is 0 Å². The van der Waals surface area contributed by atoms with Gasteiger partial charge in [-0.2, -0.15) is 4.52 Å². The lowest BCUT2D eigenvalue weighted by Gasteiger charge is -2.46. The molecule has 0 radical (unpaired) electrons. The number of nitrogens with one attached hydrogen (secondary N) is 1. The summed E-state index contributed by atoms with van der Waals surface area (Å²) in [4.78, 5) is 22.1. The van der Waals surface area contributed by atoms with E-state index in [0.717, 1.165) is 12.8 Å². The Labute approximate surface area is 109 Å². The lowest BCUT2D eigenvalue weighted by Crippen LogP contribution is -2.61. The predicted molar refractivity (Wildman–Crippen MR) is 68.7 cm³/mol. The highest BCUT2D eigenvalue weighted by Crippen LogP contribution is 2.26. The first-order chi connectivity index (χ1) is 9.09. The van der Waals surface area contributed by atoms with Crippen LogP contribution in [0.5, 0.6) is 0 Å². The van der Waals surface area contributed by atoms with E-state index in [1.54, 1.807) is 0 Å². The summed E-state index contributed by atoms with van der Waals surface area (Å²) in [5, 5.41) is 12.8. The summed E-state index contributed by atoms with van der Waals surface area (Å²) in [7, 11) is 0. The van der Waals surface area contributed by atoms with Crippen LogP contribution in [0, 0.1) is 0 Å². The average molecular weight is 263 g/mol. The molecular weight excluding hydrogens is 246 g/mol. The first-order valence-electron chi connectivity index (χ1n) is 6.46. The molecule has 0 unspecified atom stereocenters. The monoisotopic (exact) mass is 263 g/mol. The van der Waals surface area contributed by atoms with Crippen LogP contribution in [0.4, 0.5) is 0 Å². The van der Waals surface area contributed by atoms with E-state index >= 15 is 0 Å². The van der Waals surface area contributed by atoms with Gasteiger partial charge in [-0.25, -0.2) is 9.97 Å². The normalized spacial score (nSPS) is 18.6. The molecule has 2 N–H and O–H groups in total. The van der Waals surface area contributed by atoms with Crippen molar-refractivity contribution in [3.63, 3.8) is 0 Å². The lowest BCUT2D eigenvalue weighted by molar-refractivity contribution is -0.107. The van der Waals surface area contributed by atoms with Crippen molar-refractivity contribution < 1.29 is 5.11 Å². The fourth-order valence-corrected chi connectivity index (χ4v) is 2.70. The second-order valence-electron chi connectivity index (χ2n) is 5.23. The van der Waals surface area contributed by atoms with Gasteiger partial charge in [0, 0.05) is 25.7 Å². The lowest BCUT2D eigenvalue weighted by atomic mass is 9.89. The molecular formula is C12H17N5O2. The average Bonchev–Trinajstić information content (AvgIpc) is 2.76. The number of aromatic nitrogens is 4. The van der Waals surface area contributed by atoms with Gasteiger partial charge in [0.15, 0.2) is 0 Å². The number of fused-ring (bicyclic) bond motifs is 1. The number of aliphatic hydroxyl groups is 1. The van der Waals surface area contributed by atoms with E-state index < -0.39 is 5.60 Å². The standard InChI is InChI=1S/C12H17N5O2/c1-2-3-12(19)6-16(7-12)5-9-4-10(18)17-11(15-9)13-8-14-17/h4,8,19H,2-3,5-7H2,1H3,(H,13,14,15). The largest absolute Gasteiger partial charge is 0.387 e. The number of hydrogen-bond donors (Lipinski definition) is 2. The van der Waals surface area contributed by atoms with Gasteiger partial charge < -0.3 is 5.11 Å². The number of likely N-dealkylation sites (tertiary alicyclic amines) is 1. The Kier molecular flexibility index (Phi) is 2.87. The fraction of sp³-hybridized carbons (Fsp3) is 0.583. The van der Waals surface area contributed by atoms with Crippen LogP contribution in [0.1, 0.15) is 25.5 Å². The Morgan fingerprint density at radius 2 is 2.32 bits per heavy atom. The number of β-amino-alcohol motifs (C(OH)–C–C–N with tert-alkyl or cyclic N) is 1. The summed E-state index contributed by atoms with van der Waals surface area (Å²) in [5.74, 6) is 0.381. The van der Waals surface area contributed by atoms with E-state index in [4.69, 9.17) is 0 Å². The fourth-order valence-electron chi connectivity index (χ4n) is 2.70. The Morgan fingerprint density at radius 3 is 3.05 bits per heavy atom. The Morgan fingerprint density at radius 1 is 1.53 bits per heavy atom.